The zero-order valence-electron chi connectivity index (χ0n) is 3.48. The summed E-state index contributed by atoms with van der Waals surface area (Å²) in [5, 5.41) is 0. The van der Waals surface area contributed by atoms with Crippen molar-refractivity contribution in [1.29, 1.82) is 0 Å². The highest BCUT2D eigenvalue weighted by atomic mass is 79.9. The van der Waals surface area contributed by atoms with E-state index in [1.54, 1.807) is 0 Å². The second-order valence-corrected chi connectivity index (χ2v) is 2.22. The summed E-state index contributed by atoms with van der Waals surface area (Å²) in [6.07, 6.45) is 1.42. The third-order valence-electron chi connectivity index (χ3n) is 0.627. The van der Waals surface area contributed by atoms with Gasteiger partial charge in [0.2, 0.25) is 0 Å². The number of cyclic esters (lactones) is 1. The van der Waals surface area contributed by atoms with Crippen molar-refractivity contribution < 1.29 is 9.53 Å². The number of rotatable bonds is 0. The molecule has 0 saturated heterocycles. The Labute approximate surface area is 49.3 Å². The molecule has 0 fully saturated rings. The van der Waals surface area contributed by atoms with E-state index in [4.69, 9.17) is 0 Å². The quantitative estimate of drug-likeness (QED) is 0.494. The predicted molar refractivity (Wildman–Crippen MR) is 28.0 cm³/mol. The van der Waals surface area contributed by atoms with Crippen LogP contribution in [0.15, 0.2) is 10.6 Å². The van der Waals surface area contributed by atoms with Gasteiger partial charge in [-0.25, -0.2) is 4.79 Å². The van der Waals surface area contributed by atoms with Crippen LogP contribution in [-0.2, 0) is 9.53 Å². The molecule has 0 aromatic rings. The summed E-state index contributed by atoms with van der Waals surface area (Å²) in [4.78, 5) is 10.1. The van der Waals surface area contributed by atoms with Crippen LogP contribution in [0.25, 0.3) is 0 Å². The Kier molecular flexibility index (Phi) is 1.15. The summed E-state index contributed by atoms with van der Waals surface area (Å²) in [6, 6.07) is 0. The van der Waals surface area contributed by atoms with Gasteiger partial charge < -0.3 is 4.74 Å². The number of esters is 1. The van der Waals surface area contributed by atoms with Gasteiger partial charge in [0.15, 0.2) is 0 Å². The van der Waals surface area contributed by atoms with Crippen LogP contribution in [0.3, 0.4) is 0 Å². The Morgan fingerprint density at radius 2 is 2.57 bits per heavy atom. The van der Waals surface area contributed by atoms with Crippen LogP contribution in [0.5, 0.6) is 0 Å². The molecule has 0 saturated carbocycles. The standard InChI is InChI=1S/C4H3BrO2/c5-3-1-4(6)7-2-3/h1H,2H2. The normalized spacial score (nSPS) is 19.0. The van der Waals surface area contributed by atoms with E-state index in [1.807, 2.05) is 0 Å². The number of hydrogen-bond acceptors (Lipinski definition) is 2. The van der Waals surface area contributed by atoms with Gasteiger partial charge in [0.05, 0.1) is 0 Å². The minimum atomic E-state index is -0.258. The van der Waals surface area contributed by atoms with Crippen molar-refractivity contribution >= 4 is 21.9 Å². The third-order valence-corrected chi connectivity index (χ3v) is 1.08. The smallest absolute Gasteiger partial charge is 0.332 e. The van der Waals surface area contributed by atoms with E-state index >= 15 is 0 Å². The minimum Gasteiger partial charge on any atom is -0.457 e. The van der Waals surface area contributed by atoms with Crippen molar-refractivity contribution in [3.8, 4) is 0 Å². The maximum Gasteiger partial charge on any atom is 0.332 e. The molecule has 7 heavy (non-hydrogen) atoms. The Balaban J connectivity index is 2.67. The molecule has 0 radical (unpaired) electrons. The molecule has 1 heterocycles. The lowest BCUT2D eigenvalue weighted by molar-refractivity contribution is -0.134. The van der Waals surface area contributed by atoms with Crippen molar-refractivity contribution in [3.63, 3.8) is 0 Å². The molecular weight excluding hydrogens is 160 g/mol. The molecule has 1 aliphatic heterocycles. The average Bonchev–Trinajstić information content (AvgIpc) is 1.87. The Bertz CT molecular complexity index is 128. The molecule has 38 valence electrons. The van der Waals surface area contributed by atoms with Crippen LogP contribution in [0.1, 0.15) is 0 Å². The Hall–Kier alpha value is -0.310. The van der Waals surface area contributed by atoms with Gasteiger partial charge in [0, 0.05) is 10.6 Å². The van der Waals surface area contributed by atoms with Crippen molar-refractivity contribution in [2.45, 2.75) is 0 Å². The van der Waals surface area contributed by atoms with E-state index in [-0.39, 0.29) is 5.97 Å². The lowest BCUT2D eigenvalue weighted by atomic mass is 10.6. The summed E-state index contributed by atoms with van der Waals surface area (Å²) in [7, 11) is 0. The summed E-state index contributed by atoms with van der Waals surface area (Å²) in [6.45, 7) is 0.402. The molecule has 1 rings (SSSR count). The molecule has 0 N–H and O–H groups in total. The van der Waals surface area contributed by atoms with Gasteiger partial charge in [-0.15, -0.1) is 0 Å². The SMILES string of the molecule is O=C1C=C(Br)CO1. The molecule has 0 unspecified atom stereocenters. The third kappa shape index (κ3) is 1.03. The first kappa shape index (κ1) is 4.84. The lowest BCUT2D eigenvalue weighted by Crippen LogP contribution is -1.89. The van der Waals surface area contributed by atoms with E-state index in [9.17, 15) is 4.79 Å². The molecule has 0 aromatic carbocycles. The number of hydrogen-bond donors (Lipinski definition) is 0. The van der Waals surface area contributed by atoms with Crippen molar-refractivity contribution in [3.05, 3.63) is 10.6 Å². The molecule has 1 aliphatic rings. The van der Waals surface area contributed by atoms with Crippen molar-refractivity contribution in [1.82, 2.24) is 0 Å². The van der Waals surface area contributed by atoms with E-state index in [0.29, 0.717) is 6.61 Å². The molecular formula is C4H3BrO2. The summed E-state index contributed by atoms with van der Waals surface area (Å²) in [5.74, 6) is -0.258. The van der Waals surface area contributed by atoms with Crippen LogP contribution in [0.4, 0.5) is 0 Å². The largest absolute Gasteiger partial charge is 0.457 e. The van der Waals surface area contributed by atoms with Crippen LogP contribution < -0.4 is 0 Å². The number of carbonyl (C=O) groups is 1. The van der Waals surface area contributed by atoms with E-state index in [0.717, 1.165) is 4.48 Å². The first-order valence-corrected chi connectivity index (χ1v) is 2.61. The van der Waals surface area contributed by atoms with Crippen LogP contribution in [0, 0.1) is 0 Å². The average molecular weight is 163 g/mol. The molecule has 2 nitrogen and oxygen atoms in total. The molecule has 3 heteroatoms. The van der Waals surface area contributed by atoms with E-state index in [1.165, 1.54) is 6.08 Å². The van der Waals surface area contributed by atoms with Gasteiger partial charge in [-0.3, -0.25) is 0 Å². The fourth-order valence-electron chi connectivity index (χ4n) is 0.351. The summed E-state index contributed by atoms with van der Waals surface area (Å²) < 4.78 is 5.30. The number of halogens is 1. The zero-order chi connectivity index (χ0) is 5.28. The molecule has 0 bridgehead atoms. The predicted octanol–water partition coefficient (Wildman–Crippen LogP) is 0.822. The maximum atomic E-state index is 10.1. The van der Waals surface area contributed by atoms with Gasteiger partial charge in [0.25, 0.3) is 0 Å². The topological polar surface area (TPSA) is 26.3 Å². The van der Waals surface area contributed by atoms with Gasteiger partial charge in [-0.1, -0.05) is 15.9 Å². The van der Waals surface area contributed by atoms with Gasteiger partial charge in [0.1, 0.15) is 6.61 Å². The van der Waals surface area contributed by atoms with Gasteiger partial charge in [-0.2, -0.15) is 0 Å². The molecule has 0 aromatic heterocycles. The fraction of sp³-hybridized carbons (Fsp3) is 0.250. The highest BCUT2D eigenvalue weighted by molar-refractivity contribution is 9.11. The fourth-order valence-corrected chi connectivity index (χ4v) is 0.653. The molecule has 0 spiro atoms. The Morgan fingerprint density at radius 3 is 2.71 bits per heavy atom. The summed E-state index contributed by atoms with van der Waals surface area (Å²) in [5.41, 5.74) is 0. The maximum absolute atomic E-state index is 10.1. The second-order valence-electron chi connectivity index (χ2n) is 1.20. The molecule has 0 aliphatic carbocycles. The highest BCUT2D eigenvalue weighted by Gasteiger charge is 2.08. The monoisotopic (exact) mass is 162 g/mol. The van der Waals surface area contributed by atoms with Gasteiger partial charge in [-0.05, 0) is 0 Å². The molecule has 0 amide bonds. The van der Waals surface area contributed by atoms with Crippen LogP contribution in [0.2, 0.25) is 0 Å². The molecule has 0 atom stereocenters. The Morgan fingerprint density at radius 1 is 1.86 bits per heavy atom. The number of ether oxygens (including phenoxy) is 1. The van der Waals surface area contributed by atoms with Crippen molar-refractivity contribution in [2.24, 2.45) is 0 Å². The van der Waals surface area contributed by atoms with E-state index < -0.39 is 0 Å². The summed E-state index contributed by atoms with van der Waals surface area (Å²) >= 11 is 3.09. The first-order valence-electron chi connectivity index (χ1n) is 1.82. The van der Waals surface area contributed by atoms with Gasteiger partial charge >= 0.3 is 5.97 Å². The first-order chi connectivity index (χ1) is 3.29. The van der Waals surface area contributed by atoms with E-state index in [2.05, 4.69) is 20.7 Å². The zero-order valence-corrected chi connectivity index (χ0v) is 5.06. The van der Waals surface area contributed by atoms with Crippen LogP contribution in [-0.4, -0.2) is 12.6 Å². The highest BCUT2D eigenvalue weighted by Crippen LogP contribution is 2.10. The number of carbonyl (C=O) groups excluding carboxylic acids is 1. The minimum absolute atomic E-state index is 0.258. The van der Waals surface area contributed by atoms with Crippen LogP contribution >= 0.6 is 15.9 Å². The lowest BCUT2D eigenvalue weighted by Gasteiger charge is -1.84. The second kappa shape index (κ2) is 1.66. The van der Waals surface area contributed by atoms with Crippen molar-refractivity contribution in [2.75, 3.05) is 6.61 Å².